The van der Waals surface area contributed by atoms with Crippen molar-refractivity contribution < 1.29 is 0 Å². The predicted molar refractivity (Wildman–Crippen MR) is 65.5 cm³/mol. The summed E-state index contributed by atoms with van der Waals surface area (Å²) in [6.45, 7) is 4.25. The van der Waals surface area contributed by atoms with Crippen molar-refractivity contribution in [1.82, 2.24) is 9.97 Å². The van der Waals surface area contributed by atoms with Crippen LogP contribution in [-0.4, -0.2) is 9.97 Å². The molecule has 1 heterocycles. The molecule has 0 spiro atoms. The van der Waals surface area contributed by atoms with Gasteiger partial charge in [-0.2, -0.15) is 0 Å². The first kappa shape index (κ1) is 9.64. The number of H-pyrrole nitrogens is 1. The summed E-state index contributed by atoms with van der Waals surface area (Å²) in [6.07, 6.45) is 4.62. The summed E-state index contributed by atoms with van der Waals surface area (Å²) in [4.78, 5) is 7.91. The van der Waals surface area contributed by atoms with Crippen LogP contribution in [0.3, 0.4) is 0 Å². The van der Waals surface area contributed by atoms with Crippen LogP contribution in [0.2, 0.25) is 0 Å². The molecule has 0 amide bonds. The highest BCUT2D eigenvalue weighted by molar-refractivity contribution is 5.58. The number of hydrogen-bond donors (Lipinski definition) is 1. The Kier molecular flexibility index (Phi) is 2.10. The second-order valence-electron chi connectivity index (χ2n) is 4.84. The molecule has 1 aromatic carbocycles. The van der Waals surface area contributed by atoms with E-state index >= 15 is 0 Å². The predicted octanol–water partition coefficient (Wildman–Crippen LogP) is 3.57. The molecule has 0 radical (unpaired) electrons. The smallest absolute Gasteiger partial charge is 0.137 e. The Hall–Kier alpha value is -1.57. The van der Waals surface area contributed by atoms with E-state index in [0.29, 0.717) is 0 Å². The minimum absolute atomic E-state index is 0.743. The number of hydrogen-bond acceptors (Lipinski definition) is 1. The van der Waals surface area contributed by atoms with Gasteiger partial charge in [-0.25, -0.2) is 4.98 Å². The Morgan fingerprint density at radius 3 is 2.44 bits per heavy atom. The third-order valence-electron chi connectivity index (χ3n) is 3.11. The molecule has 1 saturated carbocycles. The van der Waals surface area contributed by atoms with Crippen LogP contribution in [0, 0.1) is 13.8 Å². The van der Waals surface area contributed by atoms with Gasteiger partial charge in [0.15, 0.2) is 0 Å². The van der Waals surface area contributed by atoms with Crippen molar-refractivity contribution >= 4 is 0 Å². The first-order valence-corrected chi connectivity index (χ1v) is 5.86. The normalized spacial score (nSPS) is 15.4. The van der Waals surface area contributed by atoms with Gasteiger partial charge in [0.05, 0.1) is 0 Å². The molecule has 0 aliphatic heterocycles. The van der Waals surface area contributed by atoms with E-state index in [1.54, 1.807) is 0 Å². The highest BCUT2D eigenvalue weighted by Gasteiger charge is 2.25. The third-order valence-corrected chi connectivity index (χ3v) is 3.11. The molecule has 1 aromatic heterocycles. The van der Waals surface area contributed by atoms with E-state index in [1.807, 2.05) is 6.20 Å². The molecule has 1 N–H and O–H groups in total. The minimum atomic E-state index is 0.743. The summed E-state index contributed by atoms with van der Waals surface area (Å²) in [6, 6.07) is 6.55. The van der Waals surface area contributed by atoms with Gasteiger partial charge in [-0.15, -0.1) is 0 Å². The fourth-order valence-corrected chi connectivity index (χ4v) is 2.20. The summed E-state index contributed by atoms with van der Waals surface area (Å²) in [5.74, 6) is 1.75. The van der Waals surface area contributed by atoms with Gasteiger partial charge in [0, 0.05) is 23.4 Å². The van der Waals surface area contributed by atoms with Crippen molar-refractivity contribution in [1.29, 1.82) is 0 Å². The van der Waals surface area contributed by atoms with Crippen LogP contribution in [0.1, 0.15) is 35.6 Å². The fourth-order valence-electron chi connectivity index (χ4n) is 2.20. The van der Waals surface area contributed by atoms with Crippen LogP contribution in [-0.2, 0) is 0 Å². The maximum absolute atomic E-state index is 4.47. The standard InChI is InChI=1S/C14H16N2/c1-9-5-10(2)7-12(6-9)14-15-8-13(16-14)11-3-4-11/h5-8,11H,3-4H2,1-2H3,(H,15,16). The van der Waals surface area contributed by atoms with Crippen LogP contribution in [0.4, 0.5) is 0 Å². The number of aromatic nitrogens is 2. The Bertz CT molecular complexity index is 501. The third kappa shape index (κ3) is 1.75. The lowest BCUT2D eigenvalue weighted by molar-refractivity contribution is 1.05. The summed E-state index contributed by atoms with van der Waals surface area (Å²) in [5, 5.41) is 0. The molecule has 0 unspecified atom stereocenters. The molecule has 1 aliphatic carbocycles. The number of nitrogens with one attached hydrogen (secondary N) is 1. The van der Waals surface area contributed by atoms with Gasteiger partial charge in [-0.3, -0.25) is 0 Å². The van der Waals surface area contributed by atoms with Crippen LogP contribution < -0.4 is 0 Å². The Morgan fingerprint density at radius 1 is 1.12 bits per heavy atom. The number of nitrogens with zero attached hydrogens (tertiary/aromatic N) is 1. The van der Waals surface area contributed by atoms with E-state index in [2.05, 4.69) is 42.0 Å². The van der Waals surface area contributed by atoms with E-state index in [-0.39, 0.29) is 0 Å². The van der Waals surface area contributed by atoms with Gasteiger partial charge in [-0.05, 0) is 38.8 Å². The topological polar surface area (TPSA) is 28.7 Å². The molecule has 0 atom stereocenters. The largest absolute Gasteiger partial charge is 0.342 e. The monoisotopic (exact) mass is 212 g/mol. The number of imidazole rings is 1. The van der Waals surface area contributed by atoms with E-state index < -0.39 is 0 Å². The maximum Gasteiger partial charge on any atom is 0.137 e. The van der Waals surface area contributed by atoms with Crippen molar-refractivity contribution in [2.45, 2.75) is 32.6 Å². The molecule has 2 aromatic rings. The summed E-state index contributed by atoms with van der Waals surface area (Å²) in [7, 11) is 0. The van der Waals surface area contributed by atoms with Crippen molar-refractivity contribution in [2.75, 3.05) is 0 Å². The SMILES string of the molecule is Cc1cc(C)cc(-c2ncc(C3CC3)[nH]2)c1. The van der Waals surface area contributed by atoms with Crippen LogP contribution in [0.15, 0.2) is 24.4 Å². The Labute approximate surface area is 95.7 Å². The van der Waals surface area contributed by atoms with Crippen molar-refractivity contribution in [3.8, 4) is 11.4 Å². The van der Waals surface area contributed by atoms with Gasteiger partial charge in [-0.1, -0.05) is 17.2 Å². The van der Waals surface area contributed by atoms with Crippen molar-refractivity contribution in [3.63, 3.8) is 0 Å². The van der Waals surface area contributed by atoms with E-state index in [0.717, 1.165) is 11.7 Å². The second-order valence-corrected chi connectivity index (χ2v) is 4.84. The first-order valence-electron chi connectivity index (χ1n) is 5.86. The Balaban J connectivity index is 2.00. The van der Waals surface area contributed by atoms with Crippen LogP contribution in [0.25, 0.3) is 11.4 Å². The number of benzene rings is 1. The highest BCUT2D eigenvalue weighted by Crippen LogP contribution is 2.39. The molecular weight excluding hydrogens is 196 g/mol. The fraction of sp³-hybridized carbons (Fsp3) is 0.357. The first-order chi connectivity index (χ1) is 7.72. The van der Waals surface area contributed by atoms with Crippen molar-refractivity contribution in [2.24, 2.45) is 0 Å². The summed E-state index contributed by atoms with van der Waals surface area (Å²) < 4.78 is 0. The lowest BCUT2D eigenvalue weighted by Crippen LogP contribution is -1.85. The average Bonchev–Trinajstić information content (AvgIpc) is 2.95. The van der Waals surface area contributed by atoms with Crippen LogP contribution in [0.5, 0.6) is 0 Å². The van der Waals surface area contributed by atoms with Gasteiger partial charge in [0.1, 0.15) is 5.82 Å². The van der Waals surface area contributed by atoms with Crippen molar-refractivity contribution in [3.05, 3.63) is 41.2 Å². The molecule has 1 aliphatic rings. The number of rotatable bonds is 2. The second kappa shape index (κ2) is 3.48. The van der Waals surface area contributed by atoms with Gasteiger partial charge < -0.3 is 4.98 Å². The molecule has 1 fully saturated rings. The average molecular weight is 212 g/mol. The number of aryl methyl sites for hydroxylation is 2. The van der Waals surface area contributed by atoms with Gasteiger partial charge in [0.2, 0.25) is 0 Å². The van der Waals surface area contributed by atoms with Crippen LogP contribution >= 0.6 is 0 Å². The van der Waals surface area contributed by atoms with E-state index in [4.69, 9.17) is 0 Å². The van der Waals surface area contributed by atoms with Gasteiger partial charge >= 0.3 is 0 Å². The molecular formula is C14H16N2. The molecule has 2 nitrogen and oxygen atoms in total. The summed E-state index contributed by atoms with van der Waals surface area (Å²) >= 11 is 0. The summed E-state index contributed by atoms with van der Waals surface area (Å²) in [5.41, 5.74) is 5.08. The molecule has 16 heavy (non-hydrogen) atoms. The van der Waals surface area contributed by atoms with E-state index in [9.17, 15) is 0 Å². The molecule has 2 heteroatoms. The Morgan fingerprint density at radius 2 is 1.81 bits per heavy atom. The lowest BCUT2D eigenvalue weighted by atomic mass is 10.1. The number of aromatic amines is 1. The van der Waals surface area contributed by atoms with E-state index in [1.165, 1.54) is 35.2 Å². The quantitative estimate of drug-likeness (QED) is 0.810. The zero-order valence-electron chi connectivity index (χ0n) is 9.75. The lowest BCUT2D eigenvalue weighted by Gasteiger charge is -2.01. The zero-order chi connectivity index (χ0) is 11.1. The highest BCUT2D eigenvalue weighted by atomic mass is 14.9. The molecule has 0 bridgehead atoms. The maximum atomic E-state index is 4.47. The molecule has 82 valence electrons. The zero-order valence-corrected chi connectivity index (χ0v) is 9.75. The minimum Gasteiger partial charge on any atom is -0.342 e. The molecule has 0 saturated heterocycles. The van der Waals surface area contributed by atoms with Gasteiger partial charge in [0.25, 0.3) is 0 Å². The molecule has 3 rings (SSSR count).